The minimum Gasteiger partial charge on any atom is -0.334 e. The molecule has 1 aromatic rings. The van der Waals surface area contributed by atoms with Crippen molar-refractivity contribution in [2.75, 3.05) is 32.7 Å². The summed E-state index contributed by atoms with van der Waals surface area (Å²) in [6.45, 7) is 6.61. The second-order valence-electron chi connectivity index (χ2n) is 7.28. The minimum absolute atomic E-state index is 0.0305. The molecule has 0 saturated carbocycles. The van der Waals surface area contributed by atoms with Crippen molar-refractivity contribution in [1.82, 2.24) is 15.1 Å². The molecule has 0 aliphatic carbocycles. The molecule has 5 nitrogen and oxygen atoms in total. The summed E-state index contributed by atoms with van der Waals surface area (Å²) in [5, 5.41) is 12.9. The molecule has 5 heteroatoms. The van der Waals surface area contributed by atoms with Gasteiger partial charge in [-0.2, -0.15) is 5.26 Å². The van der Waals surface area contributed by atoms with Gasteiger partial charge in [0.2, 0.25) is 0 Å². The van der Waals surface area contributed by atoms with Gasteiger partial charge in [-0.15, -0.1) is 0 Å². The first kappa shape index (κ1) is 17.8. The van der Waals surface area contributed by atoms with Crippen LogP contribution in [0, 0.1) is 11.3 Å². The van der Waals surface area contributed by atoms with E-state index in [1.54, 1.807) is 0 Å². The number of hydrogen-bond acceptors (Lipinski definition) is 3. The second-order valence-corrected chi connectivity index (χ2v) is 7.28. The van der Waals surface area contributed by atoms with E-state index in [4.69, 9.17) is 0 Å². The number of piperidine rings is 1. The lowest BCUT2D eigenvalue weighted by molar-refractivity contribution is 0.168. The fraction of sp³-hybridized carbons (Fsp3) is 0.600. The number of carbonyl (C=O) groups excluding carboxylic acids is 1. The van der Waals surface area contributed by atoms with E-state index in [9.17, 15) is 10.1 Å². The Morgan fingerprint density at radius 3 is 2.64 bits per heavy atom. The number of nitrogens with zero attached hydrogens (tertiary/aromatic N) is 3. The molecule has 2 aliphatic rings. The van der Waals surface area contributed by atoms with Crippen LogP contribution in [0.5, 0.6) is 0 Å². The van der Waals surface area contributed by atoms with Crippen LogP contribution in [0.1, 0.15) is 38.2 Å². The number of likely N-dealkylation sites (tertiary alicyclic amines) is 2. The summed E-state index contributed by atoms with van der Waals surface area (Å²) in [6.07, 6.45) is 3.59. The Morgan fingerprint density at radius 1 is 1.28 bits per heavy atom. The first-order valence-electron chi connectivity index (χ1n) is 9.41. The van der Waals surface area contributed by atoms with Gasteiger partial charge in [-0.1, -0.05) is 37.3 Å². The van der Waals surface area contributed by atoms with Gasteiger partial charge < -0.3 is 15.1 Å². The first-order chi connectivity index (χ1) is 12.2. The summed E-state index contributed by atoms with van der Waals surface area (Å²) in [7, 11) is 0. The number of benzene rings is 1. The fourth-order valence-electron chi connectivity index (χ4n) is 4.05. The van der Waals surface area contributed by atoms with E-state index in [1.807, 2.05) is 35.2 Å². The maximum atomic E-state index is 12.6. The molecule has 1 atom stereocenters. The summed E-state index contributed by atoms with van der Waals surface area (Å²) in [6, 6.07) is 12.8. The van der Waals surface area contributed by atoms with Crippen molar-refractivity contribution in [3.8, 4) is 6.07 Å². The molecule has 2 amide bonds. The van der Waals surface area contributed by atoms with Crippen LogP contribution in [-0.2, 0) is 5.41 Å². The van der Waals surface area contributed by atoms with Crippen molar-refractivity contribution in [3.63, 3.8) is 0 Å². The Morgan fingerprint density at radius 2 is 2.00 bits per heavy atom. The highest BCUT2D eigenvalue weighted by molar-refractivity contribution is 5.74. The molecule has 25 heavy (non-hydrogen) atoms. The third-order valence-corrected chi connectivity index (χ3v) is 5.58. The number of carbonyl (C=O) groups is 1. The third-order valence-electron chi connectivity index (χ3n) is 5.58. The van der Waals surface area contributed by atoms with Crippen molar-refractivity contribution < 1.29 is 4.79 Å². The molecular weight excluding hydrogens is 312 g/mol. The summed E-state index contributed by atoms with van der Waals surface area (Å²) in [4.78, 5) is 16.9. The molecule has 1 aromatic carbocycles. The highest BCUT2D eigenvalue weighted by Crippen LogP contribution is 2.34. The monoisotopic (exact) mass is 340 g/mol. The first-order valence-corrected chi connectivity index (χ1v) is 9.41. The Labute approximate surface area is 150 Å². The van der Waals surface area contributed by atoms with Gasteiger partial charge in [0.25, 0.3) is 0 Å². The molecule has 0 bridgehead atoms. The molecule has 134 valence electrons. The lowest BCUT2D eigenvalue weighted by Crippen LogP contribution is -2.51. The van der Waals surface area contributed by atoms with Crippen molar-refractivity contribution in [2.24, 2.45) is 0 Å². The number of nitrogens with one attached hydrogen (secondary N) is 1. The normalized spacial score (nSPS) is 23.2. The zero-order chi connectivity index (χ0) is 17.7. The van der Waals surface area contributed by atoms with Crippen molar-refractivity contribution in [2.45, 2.75) is 44.1 Å². The average molecular weight is 340 g/mol. The van der Waals surface area contributed by atoms with E-state index in [-0.39, 0.29) is 12.1 Å². The quantitative estimate of drug-likeness (QED) is 0.917. The van der Waals surface area contributed by atoms with Crippen LogP contribution in [0.25, 0.3) is 0 Å². The maximum absolute atomic E-state index is 12.6. The molecule has 1 N–H and O–H groups in total. The zero-order valence-electron chi connectivity index (χ0n) is 15.1. The summed E-state index contributed by atoms with van der Waals surface area (Å²) in [5.74, 6) is 0. The molecule has 2 heterocycles. The van der Waals surface area contributed by atoms with Gasteiger partial charge >= 0.3 is 6.03 Å². The van der Waals surface area contributed by atoms with Crippen molar-refractivity contribution in [1.29, 1.82) is 5.26 Å². The van der Waals surface area contributed by atoms with E-state index in [1.165, 1.54) is 0 Å². The van der Waals surface area contributed by atoms with Gasteiger partial charge in [-0.25, -0.2) is 4.79 Å². The molecule has 0 radical (unpaired) electrons. The number of rotatable bonds is 4. The molecule has 0 aromatic heterocycles. The molecule has 3 rings (SSSR count). The summed E-state index contributed by atoms with van der Waals surface area (Å²) in [5.41, 5.74) is 0.618. The Balaban J connectivity index is 1.53. The van der Waals surface area contributed by atoms with Crippen molar-refractivity contribution >= 4 is 6.03 Å². The average Bonchev–Trinajstić information content (AvgIpc) is 3.10. The van der Waals surface area contributed by atoms with E-state index < -0.39 is 5.41 Å². The van der Waals surface area contributed by atoms with Crippen LogP contribution in [0.4, 0.5) is 4.79 Å². The summed E-state index contributed by atoms with van der Waals surface area (Å²) < 4.78 is 0. The molecule has 2 aliphatic heterocycles. The van der Waals surface area contributed by atoms with E-state index >= 15 is 0 Å². The SMILES string of the molecule is CCCN1CC[C@@H](NC(=O)N2CCC(C#N)(c3ccccc3)CC2)C1. The smallest absolute Gasteiger partial charge is 0.317 e. The molecular formula is C20H28N4O. The van der Waals surface area contributed by atoms with Crippen LogP contribution in [0.15, 0.2) is 30.3 Å². The number of amides is 2. The van der Waals surface area contributed by atoms with Gasteiger partial charge in [0, 0.05) is 32.2 Å². The van der Waals surface area contributed by atoms with Crippen LogP contribution >= 0.6 is 0 Å². The van der Waals surface area contributed by atoms with Gasteiger partial charge in [-0.3, -0.25) is 0 Å². The van der Waals surface area contributed by atoms with Crippen molar-refractivity contribution in [3.05, 3.63) is 35.9 Å². The van der Waals surface area contributed by atoms with Gasteiger partial charge in [0.1, 0.15) is 0 Å². The largest absolute Gasteiger partial charge is 0.334 e. The minimum atomic E-state index is -0.455. The van der Waals surface area contributed by atoms with Crippen LogP contribution in [0.3, 0.4) is 0 Å². The van der Waals surface area contributed by atoms with E-state index in [0.717, 1.165) is 38.0 Å². The van der Waals surface area contributed by atoms with Crippen LogP contribution in [-0.4, -0.2) is 54.6 Å². The Kier molecular flexibility index (Phi) is 5.60. The van der Waals surface area contributed by atoms with Gasteiger partial charge in [0.05, 0.1) is 11.5 Å². The molecule has 0 unspecified atom stereocenters. The molecule has 0 spiro atoms. The summed E-state index contributed by atoms with van der Waals surface area (Å²) >= 11 is 0. The lowest BCUT2D eigenvalue weighted by atomic mass is 9.74. The Bertz CT molecular complexity index is 616. The van der Waals surface area contributed by atoms with E-state index in [2.05, 4.69) is 23.2 Å². The van der Waals surface area contributed by atoms with E-state index in [0.29, 0.717) is 25.9 Å². The zero-order valence-corrected chi connectivity index (χ0v) is 15.1. The predicted molar refractivity (Wildman–Crippen MR) is 98.2 cm³/mol. The number of hydrogen-bond donors (Lipinski definition) is 1. The Hall–Kier alpha value is -2.06. The third kappa shape index (κ3) is 3.96. The standard InChI is InChI=1S/C20H28N4O/c1-2-11-23-12-8-18(15-23)22-19(25)24-13-9-20(16-21,10-14-24)17-6-4-3-5-7-17/h3-7,18H,2,8-15H2,1H3,(H,22,25)/t18-/m1/s1. The maximum Gasteiger partial charge on any atom is 0.317 e. The lowest BCUT2D eigenvalue weighted by Gasteiger charge is -2.38. The second kappa shape index (κ2) is 7.88. The van der Waals surface area contributed by atoms with Crippen LogP contribution in [0.2, 0.25) is 0 Å². The van der Waals surface area contributed by atoms with Gasteiger partial charge in [-0.05, 0) is 37.8 Å². The highest BCUT2D eigenvalue weighted by atomic mass is 16.2. The highest BCUT2D eigenvalue weighted by Gasteiger charge is 2.38. The predicted octanol–water partition coefficient (Wildman–Crippen LogP) is 2.74. The van der Waals surface area contributed by atoms with Gasteiger partial charge in [0.15, 0.2) is 0 Å². The number of nitriles is 1. The molecule has 2 fully saturated rings. The van der Waals surface area contributed by atoms with Crippen LogP contribution < -0.4 is 5.32 Å². The topological polar surface area (TPSA) is 59.4 Å². The molecule has 2 saturated heterocycles. The fourth-order valence-corrected chi connectivity index (χ4v) is 4.05. The number of urea groups is 1.